The van der Waals surface area contributed by atoms with Gasteiger partial charge in [-0.3, -0.25) is 9.69 Å². The number of carbonyl (C=O) groups excluding carboxylic acids is 1. The van der Waals surface area contributed by atoms with Crippen LogP contribution in [0, 0.1) is 0 Å². The van der Waals surface area contributed by atoms with Gasteiger partial charge in [-0.25, -0.2) is 0 Å². The third-order valence-electron chi connectivity index (χ3n) is 6.32. The van der Waals surface area contributed by atoms with E-state index in [9.17, 15) is 4.79 Å². The van der Waals surface area contributed by atoms with E-state index in [-0.39, 0.29) is 6.04 Å². The van der Waals surface area contributed by atoms with E-state index in [1.54, 1.807) is 0 Å². The Bertz CT molecular complexity index is 549. The normalized spacial score (nSPS) is 26.0. The maximum absolute atomic E-state index is 12.3. The minimum Gasteiger partial charge on any atom is -0.359 e. The van der Waals surface area contributed by atoms with E-state index in [0.29, 0.717) is 18.2 Å². The molecule has 3 aliphatic heterocycles. The molecule has 5 nitrogen and oxygen atoms in total. The van der Waals surface area contributed by atoms with Crippen LogP contribution in [0.5, 0.6) is 0 Å². The quantitative estimate of drug-likeness (QED) is 0.774. The molecule has 0 aromatic heterocycles. The largest absolute Gasteiger partial charge is 0.359 e. The summed E-state index contributed by atoms with van der Waals surface area (Å²) in [5, 5.41) is 3.47. The van der Waals surface area contributed by atoms with Crippen LogP contribution in [0.2, 0.25) is 0 Å². The lowest BCUT2D eigenvalue weighted by Crippen LogP contribution is -2.48. The van der Waals surface area contributed by atoms with E-state index in [1.165, 1.54) is 38.9 Å². The van der Waals surface area contributed by atoms with Gasteiger partial charge in [0.05, 0.1) is 0 Å². The number of rotatable bonds is 6. The summed E-state index contributed by atoms with van der Waals surface area (Å²) < 4.78 is 0. The maximum atomic E-state index is 12.3. The van der Waals surface area contributed by atoms with Crippen molar-refractivity contribution in [3.8, 4) is 0 Å². The predicted molar refractivity (Wildman–Crippen MR) is 112 cm³/mol. The molecule has 5 heteroatoms. The van der Waals surface area contributed by atoms with Crippen molar-refractivity contribution in [1.82, 2.24) is 20.0 Å². The van der Waals surface area contributed by atoms with Crippen molar-refractivity contribution in [2.45, 2.75) is 71.0 Å². The fourth-order valence-corrected chi connectivity index (χ4v) is 4.61. The first kappa shape index (κ1) is 20.4. The van der Waals surface area contributed by atoms with Crippen LogP contribution in [0.25, 0.3) is 0 Å². The number of dihydropyridines is 1. The Hall–Kier alpha value is -1.33. The van der Waals surface area contributed by atoms with Crippen LogP contribution >= 0.6 is 0 Å². The number of nitrogens with zero attached hydrogens (tertiary/aromatic N) is 3. The predicted octanol–water partition coefficient (Wildman–Crippen LogP) is 2.61. The lowest BCUT2D eigenvalue weighted by atomic mass is 10.0. The van der Waals surface area contributed by atoms with Crippen molar-refractivity contribution in [2.24, 2.45) is 0 Å². The van der Waals surface area contributed by atoms with E-state index in [1.807, 2.05) is 12.2 Å². The molecule has 2 saturated heterocycles. The number of likely N-dealkylation sites (tertiary alicyclic amines) is 1. The molecule has 3 rings (SSSR count). The summed E-state index contributed by atoms with van der Waals surface area (Å²) in [6.45, 7) is 13.6. The minimum atomic E-state index is -0.148. The number of piperidine rings is 1. The molecule has 0 amide bonds. The van der Waals surface area contributed by atoms with Crippen LogP contribution < -0.4 is 5.32 Å². The van der Waals surface area contributed by atoms with Crippen molar-refractivity contribution < 1.29 is 4.79 Å². The number of allylic oxidation sites excluding steroid dienone is 2. The molecule has 2 fully saturated rings. The van der Waals surface area contributed by atoms with Gasteiger partial charge in [-0.2, -0.15) is 0 Å². The number of hydrogen-bond acceptors (Lipinski definition) is 5. The molecule has 0 saturated carbocycles. The Balaban J connectivity index is 1.51. The smallest absolute Gasteiger partial charge is 0.159 e. The molecule has 0 bridgehead atoms. The standard InChI is InChI=1S/C22H38N4O/c1-4-7-21(27)20-8-5-9-22(23-20)26-13-6-12-25(16-17-26)19-10-14-24(15-11-19)18(2)3/h5,8-9,18-20,23H,4,6-7,10-17H2,1-3H3. The monoisotopic (exact) mass is 374 g/mol. The van der Waals surface area contributed by atoms with Crippen LogP contribution in [0.4, 0.5) is 0 Å². The van der Waals surface area contributed by atoms with Gasteiger partial charge in [0.2, 0.25) is 0 Å². The zero-order chi connectivity index (χ0) is 19.2. The molecule has 1 atom stereocenters. The Labute approximate surface area is 165 Å². The Morgan fingerprint density at radius 2 is 1.93 bits per heavy atom. The molecule has 3 aliphatic rings. The Morgan fingerprint density at radius 1 is 1.15 bits per heavy atom. The van der Waals surface area contributed by atoms with E-state index in [4.69, 9.17) is 0 Å². The second-order valence-electron chi connectivity index (χ2n) is 8.51. The van der Waals surface area contributed by atoms with Crippen LogP contribution in [-0.2, 0) is 4.79 Å². The van der Waals surface area contributed by atoms with Crippen molar-refractivity contribution in [3.05, 3.63) is 24.0 Å². The van der Waals surface area contributed by atoms with Gasteiger partial charge in [0.25, 0.3) is 0 Å². The first-order valence-electron chi connectivity index (χ1n) is 11.0. The van der Waals surface area contributed by atoms with Gasteiger partial charge in [-0.1, -0.05) is 19.1 Å². The van der Waals surface area contributed by atoms with Crippen molar-refractivity contribution in [2.75, 3.05) is 39.3 Å². The van der Waals surface area contributed by atoms with Gasteiger partial charge >= 0.3 is 0 Å². The van der Waals surface area contributed by atoms with E-state index in [2.05, 4.69) is 46.9 Å². The molecular formula is C22H38N4O. The Kier molecular flexibility index (Phi) is 7.36. The second kappa shape index (κ2) is 9.74. The van der Waals surface area contributed by atoms with E-state index >= 15 is 0 Å². The first-order chi connectivity index (χ1) is 13.1. The van der Waals surface area contributed by atoms with Crippen molar-refractivity contribution in [3.63, 3.8) is 0 Å². The third-order valence-corrected chi connectivity index (χ3v) is 6.32. The summed E-state index contributed by atoms with van der Waals surface area (Å²) in [7, 11) is 0. The highest BCUT2D eigenvalue weighted by molar-refractivity contribution is 5.86. The maximum Gasteiger partial charge on any atom is 0.159 e. The highest BCUT2D eigenvalue weighted by atomic mass is 16.1. The van der Waals surface area contributed by atoms with Crippen LogP contribution in [0.3, 0.4) is 0 Å². The lowest BCUT2D eigenvalue weighted by Gasteiger charge is -2.39. The van der Waals surface area contributed by atoms with Crippen LogP contribution in [-0.4, -0.2) is 77.9 Å². The average molecular weight is 375 g/mol. The van der Waals surface area contributed by atoms with Gasteiger partial charge < -0.3 is 15.1 Å². The summed E-state index contributed by atoms with van der Waals surface area (Å²) in [5.74, 6) is 1.43. The zero-order valence-electron chi connectivity index (χ0n) is 17.5. The topological polar surface area (TPSA) is 38.8 Å². The summed E-state index contributed by atoms with van der Waals surface area (Å²) >= 11 is 0. The second-order valence-corrected chi connectivity index (χ2v) is 8.51. The molecule has 1 N–H and O–H groups in total. The lowest BCUT2D eigenvalue weighted by molar-refractivity contribution is -0.120. The van der Waals surface area contributed by atoms with Gasteiger partial charge in [0.1, 0.15) is 11.9 Å². The van der Waals surface area contributed by atoms with E-state index < -0.39 is 0 Å². The molecular weight excluding hydrogens is 336 g/mol. The molecule has 27 heavy (non-hydrogen) atoms. The molecule has 152 valence electrons. The Morgan fingerprint density at radius 3 is 2.63 bits per heavy atom. The fraction of sp³-hybridized carbons (Fsp3) is 0.773. The zero-order valence-corrected chi connectivity index (χ0v) is 17.5. The molecule has 3 heterocycles. The summed E-state index contributed by atoms with van der Waals surface area (Å²) in [5.41, 5.74) is 0. The average Bonchev–Trinajstić information content (AvgIpc) is 2.94. The van der Waals surface area contributed by atoms with Gasteiger partial charge in [-0.15, -0.1) is 0 Å². The highest BCUT2D eigenvalue weighted by Crippen LogP contribution is 2.21. The number of nitrogens with one attached hydrogen (secondary N) is 1. The van der Waals surface area contributed by atoms with Gasteiger partial charge in [0, 0.05) is 44.7 Å². The fourth-order valence-electron chi connectivity index (χ4n) is 4.61. The molecule has 1 unspecified atom stereocenters. The first-order valence-corrected chi connectivity index (χ1v) is 11.0. The van der Waals surface area contributed by atoms with E-state index in [0.717, 1.165) is 37.9 Å². The molecule has 0 aromatic rings. The van der Waals surface area contributed by atoms with Crippen LogP contribution in [0.1, 0.15) is 52.9 Å². The molecule has 0 spiro atoms. The molecule has 0 aromatic carbocycles. The summed E-state index contributed by atoms with van der Waals surface area (Å²) in [6.07, 6.45) is 11.5. The number of Topliss-reactive ketones (excluding diaryl/α,β-unsaturated/α-hetero) is 1. The third kappa shape index (κ3) is 5.35. The minimum absolute atomic E-state index is 0.148. The van der Waals surface area contributed by atoms with Crippen LogP contribution in [0.15, 0.2) is 24.0 Å². The van der Waals surface area contributed by atoms with Crippen molar-refractivity contribution in [1.29, 1.82) is 0 Å². The highest BCUT2D eigenvalue weighted by Gasteiger charge is 2.28. The van der Waals surface area contributed by atoms with Gasteiger partial charge in [-0.05, 0) is 58.7 Å². The number of carbonyl (C=O) groups is 1. The van der Waals surface area contributed by atoms with Gasteiger partial charge in [0.15, 0.2) is 5.78 Å². The SMILES string of the molecule is CCCC(=O)C1C=CC=C(N2CCCN(C3CCN(C(C)C)CC3)CC2)N1. The number of ketones is 1. The van der Waals surface area contributed by atoms with Crippen molar-refractivity contribution >= 4 is 5.78 Å². The number of hydrogen-bond donors (Lipinski definition) is 1. The summed E-state index contributed by atoms with van der Waals surface area (Å²) in [4.78, 5) is 20.0. The molecule has 0 aliphatic carbocycles. The summed E-state index contributed by atoms with van der Waals surface area (Å²) in [6, 6.07) is 1.27. The molecule has 0 radical (unpaired) electrons.